The third-order valence-corrected chi connectivity index (χ3v) is 5.54. The van der Waals surface area contributed by atoms with E-state index >= 15 is 0 Å². The summed E-state index contributed by atoms with van der Waals surface area (Å²) in [4.78, 5) is 15.4. The van der Waals surface area contributed by atoms with Gasteiger partial charge in [-0.15, -0.1) is 0 Å². The second kappa shape index (κ2) is 10.3. The van der Waals surface area contributed by atoms with Crippen LogP contribution in [0.15, 0.2) is 47.2 Å². The molecule has 14 heteroatoms. The van der Waals surface area contributed by atoms with E-state index in [9.17, 15) is 35.5 Å². The molecule has 200 valence electrons. The first-order valence-electron chi connectivity index (χ1n) is 12.7. The van der Waals surface area contributed by atoms with Crippen molar-refractivity contribution in [2.24, 2.45) is 0 Å². The lowest BCUT2D eigenvalue weighted by atomic mass is 10.0. The first kappa shape index (κ1) is 21.8. The Balaban J connectivity index is 1.79. The summed E-state index contributed by atoms with van der Waals surface area (Å²) in [5, 5.41) is 5.92. The van der Waals surface area contributed by atoms with Gasteiger partial charge < -0.3 is 9.47 Å². The summed E-state index contributed by atoms with van der Waals surface area (Å²) in [5.74, 6) is -1.36. The number of ether oxygens (including phenoxy) is 2. The summed E-state index contributed by atoms with van der Waals surface area (Å²) in [6.45, 7) is 0.869. The molecule has 0 bridgehead atoms. The van der Waals surface area contributed by atoms with Gasteiger partial charge in [-0.1, -0.05) is 12.1 Å². The van der Waals surface area contributed by atoms with Gasteiger partial charge in [0.2, 0.25) is 0 Å². The van der Waals surface area contributed by atoms with Crippen LogP contribution < -0.4 is 5.69 Å². The van der Waals surface area contributed by atoms with Crippen LogP contribution in [0.25, 0.3) is 0 Å². The van der Waals surface area contributed by atoms with E-state index in [1.807, 2.05) is 0 Å². The minimum atomic E-state index is -5.11. The molecule has 0 saturated carbocycles. The second-order valence-electron chi connectivity index (χ2n) is 8.12. The Morgan fingerprint density at radius 3 is 2.30 bits per heavy atom. The predicted molar refractivity (Wildman–Crippen MR) is 114 cm³/mol. The highest BCUT2D eigenvalue weighted by Gasteiger charge is 2.39. The van der Waals surface area contributed by atoms with Crippen molar-refractivity contribution >= 4 is 0 Å². The molecule has 1 fully saturated rings. The molecule has 0 radical (unpaired) electrons. The molecule has 0 aliphatic carbocycles. The van der Waals surface area contributed by atoms with Gasteiger partial charge in [-0.3, -0.25) is 9.88 Å². The fourth-order valence-electron chi connectivity index (χ4n) is 3.82. The number of halogens is 7. The van der Waals surface area contributed by atoms with Crippen molar-refractivity contribution in [2.75, 3.05) is 13.2 Å². The molecule has 1 aliphatic heterocycles. The third kappa shape index (κ3) is 6.37. The lowest BCUT2D eigenvalue weighted by molar-refractivity contribution is -0.231. The minimum absolute atomic E-state index is 0.0203. The Morgan fingerprint density at radius 2 is 1.76 bits per heavy atom. The molecule has 0 amide bonds. The van der Waals surface area contributed by atoms with Crippen LogP contribution in [0.2, 0.25) is 0 Å². The third-order valence-electron chi connectivity index (χ3n) is 5.54. The first-order valence-corrected chi connectivity index (χ1v) is 10.7. The molecule has 2 aromatic carbocycles. The molecule has 2 N–H and O–H groups in total. The summed E-state index contributed by atoms with van der Waals surface area (Å²) in [6.07, 6.45) is -13.3. The number of nitrogens with zero attached hydrogens (tertiary/aromatic N) is 2. The topological polar surface area (TPSA) is 83.2 Å². The van der Waals surface area contributed by atoms with Crippen LogP contribution in [-0.4, -0.2) is 39.5 Å². The lowest BCUT2D eigenvalue weighted by Gasteiger charge is -2.41. The normalized spacial score (nSPS) is 21.7. The zero-order valence-electron chi connectivity index (χ0n) is 22.9. The molecular formula is C23H21F7N4O3. The molecule has 4 rings (SSSR count). The number of H-pyrrole nitrogens is 2. The molecule has 3 unspecified atom stereocenters. The van der Waals surface area contributed by atoms with Crippen LogP contribution in [0.5, 0.6) is 0 Å². The molecule has 7 nitrogen and oxygen atoms in total. The van der Waals surface area contributed by atoms with Gasteiger partial charge in [0.25, 0.3) is 0 Å². The number of hydrogen-bond acceptors (Lipinski definition) is 5. The van der Waals surface area contributed by atoms with Crippen LogP contribution in [0.3, 0.4) is 0 Å². The number of nitrogens with one attached hydrogen (secondary N) is 2. The van der Waals surface area contributed by atoms with E-state index in [2.05, 4.69) is 15.2 Å². The predicted octanol–water partition coefficient (Wildman–Crippen LogP) is 4.95. The smallest absolute Gasteiger partial charge is 0.349 e. The van der Waals surface area contributed by atoms with Crippen LogP contribution in [-0.2, 0) is 28.4 Å². The number of aromatic nitrogens is 3. The Hall–Kier alpha value is -3.23. The van der Waals surface area contributed by atoms with E-state index in [-0.39, 0.29) is 31.6 Å². The molecule has 1 saturated heterocycles. The van der Waals surface area contributed by atoms with Crippen molar-refractivity contribution in [3.8, 4) is 0 Å². The molecule has 0 spiro atoms. The van der Waals surface area contributed by atoms with Gasteiger partial charge in [-0.05, 0) is 48.3 Å². The van der Waals surface area contributed by atoms with E-state index in [0.717, 1.165) is 0 Å². The van der Waals surface area contributed by atoms with Crippen molar-refractivity contribution < 1.29 is 45.7 Å². The van der Waals surface area contributed by atoms with Crippen molar-refractivity contribution in [3.05, 3.63) is 86.7 Å². The first-order chi connectivity index (χ1) is 19.0. The van der Waals surface area contributed by atoms with Crippen molar-refractivity contribution in [3.63, 3.8) is 0 Å². The number of rotatable bonds is 6. The number of aromatic amines is 2. The molecular weight excluding hydrogens is 513 g/mol. The standard InChI is InChI=1S/C23H21F7N4O3/c1-12(14-8-15(22(25,26)27)10-16(9-14)23(28,29)30)37-20-19(13-2-4-17(24)5-3-13)34(6-7-36-20)11-18-31-21(35)33-32-18/h2-5,8-10,12,19-20H,6-7,11H2,1H3,(H2,31,32,33,35)/i2D,3D,4D,5D. The molecule has 1 aliphatic rings. The summed E-state index contributed by atoms with van der Waals surface area (Å²) in [7, 11) is 0. The van der Waals surface area contributed by atoms with Crippen molar-refractivity contribution in [1.82, 2.24) is 20.1 Å². The highest BCUT2D eigenvalue weighted by atomic mass is 19.4. The van der Waals surface area contributed by atoms with E-state index in [0.29, 0.717) is 12.1 Å². The van der Waals surface area contributed by atoms with Gasteiger partial charge in [-0.2, -0.15) is 31.4 Å². The lowest BCUT2D eigenvalue weighted by Crippen LogP contribution is -2.46. The number of morpholine rings is 1. The molecule has 3 atom stereocenters. The number of alkyl halides is 6. The molecule has 1 aromatic heterocycles. The SMILES string of the molecule is [2H]c1c([2H])c(C2C(OC(C)c3cc(C(F)(F)F)cc(C(F)(F)F)c3)OCCN2Cc2n[nH]c(=O)[nH]2)c([2H])c([2H])c1F. The quantitative estimate of drug-likeness (QED) is 0.434. The molecule has 37 heavy (non-hydrogen) atoms. The van der Waals surface area contributed by atoms with Gasteiger partial charge in [-0.25, -0.2) is 14.3 Å². The maximum Gasteiger partial charge on any atom is 0.416 e. The Bertz CT molecular complexity index is 1430. The van der Waals surface area contributed by atoms with Crippen molar-refractivity contribution in [1.29, 1.82) is 0 Å². The molecule has 3 aromatic rings. The number of hydrogen-bond donors (Lipinski definition) is 2. The Kier molecular flexibility index (Phi) is 6.05. The highest BCUT2D eigenvalue weighted by molar-refractivity contribution is 5.34. The zero-order valence-corrected chi connectivity index (χ0v) is 18.9. The summed E-state index contributed by atoms with van der Waals surface area (Å²) in [5.41, 5.74) is -4.72. The minimum Gasteiger partial charge on any atom is -0.349 e. The largest absolute Gasteiger partial charge is 0.416 e. The van der Waals surface area contributed by atoms with Crippen LogP contribution in [0.1, 0.15) is 52.6 Å². The maximum atomic E-state index is 14.3. The average Bonchev–Trinajstić information content (AvgIpc) is 3.30. The summed E-state index contributed by atoms with van der Waals surface area (Å²) < 4.78 is 139. The molecule has 2 heterocycles. The van der Waals surface area contributed by atoms with E-state index < -0.39 is 88.7 Å². The highest BCUT2D eigenvalue weighted by Crippen LogP contribution is 2.39. The van der Waals surface area contributed by atoms with Gasteiger partial charge >= 0.3 is 18.0 Å². The van der Waals surface area contributed by atoms with Gasteiger partial charge in [0, 0.05) is 6.54 Å². The fraction of sp³-hybridized carbons (Fsp3) is 0.391. The maximum absolute atomic E-state index is 14.3. The van der Waals surface area contributed by atoms with E-state index in [4.69, 9.17) is 15.0 Å². The fourth-order valence-corrected chi connectivity index (χ4v) is 3.82. The van der Waals surface area contributed by atoms with Gasteiger partial charge in [0.1, 0.15) is 11.6 Å². The summed E-state index contributed by atoms with van der Waals surface area (Å²) in [6, 6.07) is -4.11. The van der Waals surface area contributed by atoms with E-state index in [1.165, 1.54) is 11.8 Å². The van der Waals surface area contributed by atoms with Crippen LogP contribution >= 0.6 is 0 Å². The zero-order chi connectivity index (χ0) is 30.4. The van der Waals surface area contributed by atoms with Crippen LogP contribution in [0.4, 0.5) is 30.7 Å². The second-order valence-corrected chi connectivity index (χ2v) is 8.12. The van der Waals surface area contributed by atoms with Gasteiger partial charge in [0.15, 0.2) is 6.29 Å². The number of benzene rings is 2. The Morgan fingerprint density at radius 1 is 1.14 bits per heavy atom. The summed E-state index contributed by atoms with van der Waals surface area (Å²) >= 11 is 0. The van der Waals surface area contributed by atoms with E-state index in [1.54, 1.807) is 0 Å². The van der Waals surface area contributed by atoms with Crippen molar-refractivity contribution in [2.45, 2.75) is 44.3 Å². The Labute approximate surface area is 210 Å². The van der Waals surface area contributed by atoms with Gasteiger partial charge in [0.05, 0.1) is 41.9 Å². The monoisotopic (exact) mass is 538 g/mol. The van der Waals surface area contributed by atoms with Crippen LogP contribution in [0, 0.1) is 5.82 Å². The average molecular weight is 538 g/mol.